The molecule has 0 aromatic carbocycles. The number of esters is 1. The summed E-state index contributed by atoms with van der Waals surface area (Å²) < 4.78 is 44.2. The van der Waals surface area contributed by atoms with Gasteiger partial charge in [0, 0.05) is 11.9 Å². The molecule has 1 aliphatic carbocycles. The van der Waals surface area contributed by atoms with E-state index in [4.69, 9.17) is 4.74 Å². The van der Waals surface area contributed by atoms with Crippen LogP contribution in [0.25, 0.3) is 0 Å². The van der Waals surface area contributed by atoms with Crippen molar-refractivity contribution in [2.75, 3.05) is 17.7 Å². The lowest BCUT2D eigenvalue weighted by Gasteiger charge is -2.08. The highest BCUT2D eigenvalue weighted by atomic mass is 32.2. The van der Waals surface area contributed by atoms with Gasteiger partial charge in [-0.05, 0) is 31.7 Å². The Morgan fingerprint density at radius 2 is 2.07 bits per heavy atom. The zero-order valence-corrected chi connectivity index (χ0v) is 16.7. The number of hydrogen-bond donors (Lipinski definition) is 1. The molecule has 2 aromatic rings. The number of carbonyl (C=O) groups is 2. The molecule has 1 aliphatic rings. The first-order chi connectivity index (χ1) is 13.2. The van der Waals surface area contributed by atoms with Crippen molar-refractivity contribution in [3.8, 4) is 0 Å². The van der Waals surface area contributed by atoms with E-state index in [1.54, 1.807) is 6.92 Å². The second kappa shape index (κ2) is 8.11. The lowest BCUT2D eigenvalue weighted by Crippen LogP contribution is -2.17. The van der Waals surface area contributed by atoms with Crippen molar-refractivity contribution in [1.82, 2.24) is 14.8 Å². The largest absolute Gasteiger partial charge is 0.462 e. The van der Waals surface area contributed by atoms with Gasteiger partial charge in [0.05, 0.1) is 17.9 Å². The van der Waals surface area contributed by atoms with Gasteiger partial charge in [-0.15, -0.1) is 21.5 Å². The summed E-state index contributed by atoms with van der Waals surface area (Å²) in [5, 5.41) is 9.67. The second-order valence-corrected chi connectivity index (χ2v) is 8.03. The first-order valence-electron chi connectivity index (χ1n) is 8.43. The van der Waals surface area contributed by atoms with Crippen molar-refractivity contribution >= 4 is 40.0 Å². The molecular weight excluding hydrogens is 417 g/mol. The Labute approximate surface area is 166 Å². The van der Waals surface area contributed by atoms with Crippen LogP contribution in [0.3, 0.4) is 0 Å². The summed E-state index contributed by atoms with van der Waals surface area (Å²) in [7, 11) is 1.19. The van der Waals surface area contributed by atoms with E-state index in [9.17, 15) is 22.8 Å². The average molecular weight is 434 g/mol. The summed E-state index contributed by atoms with van der Waals surface area (Å²) in [6.07, 6.45) is -2.07. The number of anilines is 1. The van der Waals surface area contributed by atoms with Crippen LogP contribution in [0, 0.1) is 0 Å². The van der Waals surface area contributed by atoms with E-state index in [0.29, 0.717) is 10.6 Å². The standard InChI is InChI=1S/C16H17F3N4O3S2/c1-3-26-13(25)11-8-5-4-6-9(8)28-12(11)20-10(24)7-27-15-22-21-14(23(15)2)16(17,18)19/h3-7H2,1-2H3,(H,20,24). The SMILES string of the molecule is CCOC(=O)c1c(NC(=O)CSc2nnc(C(F)(F)F)n2C)sc2c1CCC2. The summed E-state index contributed by atoms with van der Waals surface area (Å²) >= 11 is 2.17. The lowest BCUT2D eigenvalue weighted by atomic mass is 10.1. The van der Waals surface area contributed by atoms with E-state index in [1.165, 1.54) is 18.4 Å². The lowest BCUT2D eigenvalue weighted by molar-refractivity contribution is -0.147. The summed E-state index contributed by atoms with van der Waals surface area (Å²) in [5.41, 5.74) is 1.30. The van der Waals surface area contributed by atoms with Crippen LogP contribution in [-0.2, 0) is 35.6 Å². The Balaban J connectivity index is 1.69. The van der Waals surface area contributed by atoms with Gasteiger partial charge in [0.1, 0.15) is 5.00 Å². The number of thioether (sulfide) groups is 1. The highest BCUT2D eigenvalue weighted by Gasteiger charge is 2.37. The molecule has 1 amide bonds. The van der Waals surface area contributed by atoms with Gasteiger partial charge in [-0.25, -0.2) is 4.79 Å². The number of ether oxygens (including phenoxy) is 1. The number of alkyl halides is 3. The van der Waals surface area contributed by atoms with E-state index in [1.807, 2.05) is 0 Å². The molecule has 0 radical (unpaired) electrons. The molecule has 3 rings (SSSR count). The van der Waals surface area contributed by atoms with E-state index < -0.39 is 23.9 Å². The van der Waals surface area contributed by atoms with Gasteiger partial charge in [-0.3, -0.25) is 4.79 Å². The van der Waals surface area contributed by atoms with Gasteiger partial charge in [0.15, 0.2) is 5.16 Å². The van der Waals surface area contributed by atoms with E-state index in [0.717, 1.165) is 46.0 Å². The number of halogens is 3. The molecule has 152 valence electrons. The number of carbonyl (C=O) groups excluding carboxylic acids is 2. The molecule has 0 unspecified atom stereocenters. The maximum atomic E-state index is 12.8. The number of nitrogens with one attached hydrogen (secondary N) is 1. The molecule has 2 heterocycles. The maximum Gasteiger partial charge on any atom is 0.451 e. The molecule has 0 fully saturated rings. The summed E-state index contributed by atoms with van der Waals surface area (Å²) in [6, 6.07) is 0. The molecule has 1 N–H and O–H groups in total. The average Bonchev–Trinajstić information content (AvgIpc) is 3.26. The number of fused-ring (bicyclic) bond motifs is 1. The van der Waals surface area contributed by atoms with Gasteiger partial charge in [-0.2, -0.15) is 13.2 Å². The van der Waals surface area contributed by atoms with E-state index in [-0.39, 0.29) is 17.5 Å². The van der Waals surface area contributed by atoms with Gasteiger partial charge < -0.3 is 14.6 Å². The van der Waals surface area contributed by atoms with Crippen LogP contribution >= 0.6 is 23.1 Å². The number of aryl methyl sites for hydroxylation is 1. The molecule has 0 saturated heterocycles. The zero-order chi connectivity index (χ0) is 20.5. The van der Waals surface area contributed by atoms with E-state index in [2.05, 4.69) is 15.5 Å². The first kappa shape index (κ1) is 20.6. The highest BCUT2D eigenvalue weighted by Crippen LogP contribution is 2.39. The van der Waals surface area contributed by atoms with Crippen LogP contribution in [0.5, 0.6) is 0 Å². The predicted molar refractivity (Wildman–Crippen MR) is 97.7 cm³/mol. The third-order valence-electron chi connectivity index (χ3n) is 4.07. The van der Waals surface area contributed by atoms with Crippen LogP contribution in [0.2, 0.25) is 0 Å². The number of nitrogens with zero attached hydrogens (tertiary/aromatic N) is 3. The topological polar surface area (TPSA) is 86.1 Å². The number of thiophene rings is 1. The van der Waals surface area contributed by atoms with Crippen molar-refractivity contribution in [1.29, 1.82) is 0 Å². The third kappa shape index (κ3) is 4.17. The predicted octanol–water partition coefficient (Wildman–Crippen LogP) is 3.29. The van der Waals surface area contributed by atoms with Crippen LogP contribution in [0.4, 0.5) is 18.2 Å². The fraction of sp³-hybridized carbons (Fsp3) is 0.500. The van der Waals surface area contributed by atoms with Crippen molar-refractivity contribution in [2.45, 2.75) is 37.5 Å². The maximum absolute atomic E-state index is 12.8. The summed E-state index contributed by atoms with van der Waals surface area (Å²) in [6.45, 7) is 1.93. The molecule has 12 heteroatoms. The quantitative estimate of drug-likeness (QED) is 0.555. The third-order valence-corrected chi connectivity index (χ3v) is 6.30. The van der Waals surface area contributed by atoms with Crippen molar-refractivity contribution in [3.63, 3.8) is 0 Å². The normalized spacial score (nSPS) is 13.5. The van der Waals surface area contributed by atoms with Crippen LogP contribution in [-0.4, -0.2) is 39.0 Å². The van der Waals surface area contributed by atoms with Crippen molar-refractivity contribution in [2.24, 2.45) is 7.05 Å². The number of hydrogen-bond acceptors (Lipinski definition) is 7. The van der Waals surface area contributed by atoms with Crippen LogP contribution in [0.15, 0.2) is 5.16 Å². The Hall–Kier alpha value is -2.08. The van der Waals surface area contributed by atoms with Gasteiger partial charge in [-0.1, -0.05) is 11.8 Å². The monoisotopic (exact) mass is 434 g/mol. The van der Waals surface area contributed by atoms with Gasteiger partial charge in [0.25, 0.3) is 0 Å². The Bertz CT molecular complexity index is 908. The van der Waals surface area contributed by atoms with Crippen molar-refractivity contribution in [3.05, 3.63) is 21.8 Å². The fourth-order valence-corrected chi connectivity index (χ4v) is 4.90. The fourth-order valence-electron chi connectivity index (χ4n) is 2.89. The molecule has 0 spiro atoms. The minimum absolute atomic E-state index is 0.0261. The summed E-state index contributed by atoms with van der Waals surface area (Å²) in [5.74, 6) is -2.23. The molecule has 0 saturated carbocycles. The van der Waals surface area contributed by atoms with Crippen molar-refractivity contribution < 1.29 is 27.5 Å². The molecule has 0 atom stereocenters. The number of rotatable bonds is 6. The van der Waals surface area contributed by atoms with Gasteiger partial charge in [0.2, 0.25) is 11.7 Å². The summed E-state index contributed by atoms with van der Waals surface area (Å²) in [4.78, 5) is 25.6. The minimum atomic E-state index is -4.62. The molecular formula is C16H17F3N4O3S2. The first-order valence-corrected chi connectivity index (χ1v) is 10.2. The molecule has 7 nitrogen and oxygen atoms in total. The molecule has 0 aliphatic heterocycles. The highest BCUT2D eigenvalue weighted by molar-refractivity contribution is 7.99. The second-order valence-electron chi connectivity index (χ2n) is 5.98. The zero-order valence-electron chi connectivity index (χ0n) is 15.1. The number of aromatic nitrogens is 3. The van der Waals surface area contributed by atoms with E-state index >= 15 is 0 Å². The Morgan fingerprint density at radius 1 is 1.32 bits per heavy atom. The molecule has 28 heavy (non-hydrogen) atoms. The van der Waals surface area contributed by atoms with Gasteiger partial charge >= 0.3 is 12.1 Å². The molecule has 0 bridgehead atoms. The van der Waals surface area contributed by atoms with Crippen LogP contribution in [0.1, 0.15) is 40.0 Å². The van der Waals surface area contributed by atoms with Crippen LogP contribution < -0.4 is 5.32 Å². The number of amides is 1. The minimum Gasteiger partial charge on any atom is -0.462 e. The molecule has 2 aromatic heterocycles. The smallest absolute Gasteiger partial charge is 0.451 e. The Kier molecular flexibility index (Phi) is 5.98. The Morgan fingerprint density at radius 3 is 2.71 bits per heavy atom.